The van der Waals surface area contributed by atoms with Gasteiger partial charge in [0.05, 0.1) is 5.04 Å². The third-order valence-electron chi connectivity index (χ3n) is 3.05. The molecule has 2 heterocycles. The van der Waals surface area contributed by atoms with Gasteiger partial charge in [-0.15, -0.1) is 11.8 Å². The number of aromatic nitrogens is 1. The Morgan fingerprint density at radius 1 is 1.50 bits per heavy atom. The van der Waals surface area contributed by atoms with E-state index in [0.717, 1.165) is 36.5 Å². The first-order valence-electron chi connectivity index (χ1n) is 5.97. The highest BCUT2D eigenvalue weighted by Crippen LogP contribution is 2.27. The van der Waals surface area contributed by atoms with Gasteiger partial charge in [0.1, 0.15) is 5.15 Å². The summed E-state index contributed by atoms with van der Waals surface area (Å²) in [5, 5.41) is 10.1. The number of rotatable bonds is 2. The Labute approximate surface area is 116 Å². The van der Waals surface area contributed by atoms with Crippen molar-refractivity contribution in [3.8, 4) is 6.19 Å². The van der Waals surface area contributed by atoms with E-state index in [1.807, 2.05) is 24.5 Å². The van der Waals surface area contributed by atoms with Gasteiger partial charge in [0.2, 0.25) is 6.19 Å². The quantitative estimate of drug-likeness (QED) is 0.613. The van der Waals surface area contributed by atoms with Crippen LogP contribution < -0.4 is 0 Å². The molecule has 1 fully saturated rings. The first-order valence-corrected chi connectivity index (χ1v) is 7.33. The summed E-state index contributed by atoms with van der Waals surface area (Å²) >= 11 is 7.49. The van der Waals surface area contributed by atoms with E-state index in [1.54, 1.807) is 11.8 Å². The van der Waals surface area contributed by atoms with Crippen molar-refractivity contribution >= 4 is 28.4 Å². The highest BCUT2D eigenvalue weighted by Gasteiger charge is 2.16. The average molecular weight is 280 g/mol. The molecular weight excluding hydrogens is 266 g/mol. The van der Waals surface area contributed by atoms with E-state index >= 15 is 0 Å². The highest BCUT2D eigenvalue weighted by atomic mass is 35.5. The van der Waals surface area contributed by atoms with Crippen molar-refractivity contribution in [2.45, 2.75) is 25.7 Å². The second-order valence-electron chi connectivity index (χ2n) is 4.34. The molecule has 94 valence electrons. The lowest BCUT2D eigenvalue weighted by atomic mass is 9.93. The molecule has 18 heavy (non-hydrogen) atoms. The lowest BCUT2D eigenvalue weighted by molar-refractivity contribution is 0.485. The van der Waals surface area contributed by atoms with Gasteiger partial charge in [-0.3, -0.25) is 0 Å². The number of aliphatic imine (C=N–C) groups is 1. The second kappa shape index (κ2) is 6.77. The van der Waals surface area contributed by atoms with Crippen molar-refractivity contribution in [3.63, 3.8) is 0 Å². The van der Waals surface area contributed by atoms with Gasteiger partial charge in [-0.25, -0.2) is 4.98 Å². The topological polar surface area (TPSA) is 49.0 Å². The number of nitrogens with zero attached hydrogens (tertiary/aromatic N) is 3. The molecule has 0 bridgehead atoms. The lowest BCUT2D eigenvalue weighted by Gasteiger charge is -2.12. The zero-order valence-electron chi connectivity index (χ0n) is 9.97. The fourth-order valence-corrected chi connectivity index (χ4v) is 3.26. The first-order chi connectivity index (χ1) is 8.78. The molecule has 2 rings (SSSR count). The lowest BCUT2D eigenvalue weighted by Crippen LogP contribution is -2.05. The number of pyridine rings is 1. The van der Waals surface area contributed by atoms with Gasteiger partial charge in [0.15, 0.2) is 0 Å². The van der Waals surface area contributed by atoms with E-state index in [-0.39, 0.29) is 0 Å². The number of hydrogen-bond acceptors (Lipinski definition) is 4. The SMILES string of the molecule is N#CN=C1CCC(Cc2ccc(Cl)nc2)CCS1. The number of nitriles is 1. The number of halogens is 1. The minimum atomic E-state index is 0.540. The summed E-state index contributed by atoms with van der Waals surface area (Å²) in [7, 11) is 0. The van der Waals surface area contributed by atoms with E-state index in [2.05, 4.69) is 9.98 Å². The van der Waals surface area contributed by atoms with Crippen LogP contribution in [0.15, 0.2) is 23.3 Å². The molecule has 1 atom stereocenters. The monoisotopic (exact) mass is 279 g/mol. The summed E-state index contributed by atoms with van der Waals surface area (Å²) in [6.07, 6.45) is 7.94. The smallest absolute Gasteiger partial charge is 0.206 e. The van der Waals surface area contributed by atoms with E-state index in [0.29, 0.717) is 11.1 Å². The molecule has 1 aliphatic rings. The largest absolute Gasteiger partial charge is 0.244 e. The Bertz CT molecular complexity index is 464. The van der Waals surface area contributed by atoms with Crippen LogP contribution in [-0.4, -0.2) is 15.8 Å². The summed E-state index contributed by atoms with van der Waals surface area (Å²) in [6.45, 7) is 0. The Hall–Kier alpha value is -1.05. The summed E-state index contributed by atoms with van der Waals surface area (Å²) in [6, 6.07) is 3.88. The maximum absolute atomic E-state index is 8.57. The summed E-state index contributed by atoms with van der Waals surface area (Å²) in [4.78, 5) is 7.96. The Kier molecular flexibility index (Phi) is 5.03. The molecule has 0 saturated carbocycles. The Balaban J connectivity index is 1.93. The van der Waals surface area contributed by atoms with Crippen molar-refractivity contribution < 1.29 is 0 Å². The highest BCUT2D eigenvalue weighted by molar-refractivity contribution is 8.13. The molecule has 0 aromatic carbocycles. The third kappa shape index (κ3) is 4.01. The van der Waals surface area contributed by atoms with Crippen LogP contribution >= 0.6 is 23.4 Å². The van der Waals surface area contributed by atoms with Gasteiger partial charge in [-0.05, 0) is 49.0 Å². The molecule has 1 unspecified atom stereocenters. The molecule has 5 heteroatoms. The van der Waals surface area contributed by atoms with Crippen LogP contribution in [0.2, 0.25) is 5.15 Å². The minimum absolute atomic E-state index is 0.540. The van der Waals surface area contributed by atoms with Crippen LogP contribution in [-0.2, 0) is 6.42 Å². The molecular formula is C13H14ClN3S. The van der Waals surface area contributed by atoms with Gasteiger partial charge in [0.25, 0.3) is 0 Å². The molecule has 1 aromatic heterocycles. The first kappa shape index (κ1) is 13.4. The van der Waals surface area contributed by atoms with E-state index in [9.17, 15) is 0 Å². The molecule has 1 aromatic rings. The predicted octanol–water partition coefficient (Wildman–Crippen LogP) is 3.69. The van der Waals surface area contributed by atoms with Gasteiger partial charge in [-0.1, -0.05) is 17.7 Å². The standard InChI is InChI=1S/C13H14ClN3S/c14-12-3-1-11(8-16-12)7-10-2-4-13(17-9-15)18-6-5-10/h1,3,8,10H,2,4-7H2. The van der Waals surface area contributed by atoms with Crippen LogP contribution in [0.25, 0.3) is 0 Å². The fraction of sp³-hybridized carbons (Fsp3) is 0.462. The van der Waals surface area contributed by atoms with Crippen LogP contribution in [0.3, 0.4) is 0 Å². The van der Waals surface area contributed by atoms with Gasteiger partial charge in [-0.2, -0.15) is 10.3 Å². The molecule has 0 aliphatic carbocycles. The minimum Gasteiger partial charge on any atom is -0.244 e. The third-order valence-corrected chi connectivity index (χ3v) is 4.34. The summed E-state index contributed by atoms with van der Waals surface area (Å²) < 4.78 is 0. The summed E-state index contributed by atoms with van der Waals surface area (Å²) in [5.74, 6) is 1.69. The molecule has 1 saturated heterocycles. The Morgan fingerprint density at radius 2 is 2.39 bits per heavy atom. The van der Waals surface area contributed by atoms with Crippen molar-refractivity contribution in [1.82, 2.24) is 4.98 Å². The van der Waals surface area contributed by atoms with Gasteiger partial charge < -0.3 is 0 Å². The molecule has 0 radical (unpaired) electrons. The summed E-state index contributed by atoms with van der Waals surface area (Å²) in [5.41, 5.74) is 1.23. The van der Waals surface area contributed by atoms with Crippen LogP contribution in [0.5, 0.6) is 0 Å². The van der Waals surface area contributed by atoms with Crippen LogP contribution in [0.1, 0.15) is 24.8 Å². The van der Waals surface area contributed by atoms with E-state index in [4.69, 9.17) is 16.9 Å². The molecule has 0 amide bonds. The van der Waals surface area contributed by atoms with Gasteiger partial charge >= 0.3 is 0 Å². The molecule has 1 aliphatic heterocycles. The van der Waals surface area contributed by atoms with E-state index in [1.165, 1.54) is 5.56 Å². The van der Waals surface area contributed by atoms with Crippen molar-refractivity contribution in [1.29, 1.82) is 5.26 Å². The predicted molar refractivity (Wildman–Crippen MR) is 75.8 cm³/mol. The van der Waals surface area contributed by atoms with Crippen molar-refractivity contribution in [2.75, 3.05) is 5.75 Å². The van der Waals surface area contributed by atoms with Crippen LogP contribution in [0.4, 0.5) is 0 Å². The van der Waals surface area contributed by atoms with E-state index < -0.39 is 0 Å². The fourth-order valence-electron chi connectivity index (χ4n) is 2.10. The van der Waals surface area contributed by atoms with Crippen LogP contribution in [0, 0.1) is 17.4 Å². The van der Waals surface area contributed by atoms with Crippen molar-refractivity contribution in [3.05, 3.63) is 29.0 Å². The average Bonchev–Trinajstić information content (AvgIpc) is 2.59. The van der Waals surface area contributed by atoms with Crippen molar-refractivity contribution in [2.24, 2.45) is 10.9 Å². The maximum atomic E-state index is 8.57. The normalized spacial score (nSPS) is 22.4. The molecule has 0 spiro atoms. The zero-order valence-corrected chi connectivity index (χ0v) is 11.5. The Morgan fingerprint density at radius 3 is 3.11 bits per heavy atom. The maximum Gasteiger partial charge on any atom is 0.206 e. The number of hydrogen-bond donors (Lipinski definition) is 0. The molecule has 0 N–H and O–H groups in total. The molecule has 3 nitrogen and oxygen atoms in total. The van der Waals surface area contributed by atoms with Gasteiger partial charge in [0, 0.05) is 6.20 Å². The number of thioether (sulfide) groups is 1. The zero-order chi connectivity index (χ0) is 12.8. The second-order valence-corrected chi connectivity index (χ2v) is 5.90.